The first-order chi connectivity index (χ1) is 13.5. The van der Waals surface area contributed by atoms with Gasteiger partial charge in [-0.2, -0.15) is 5.26 Å². The van der Waals surface area contributed by atoms with Crippen molar-refractivity contribution in [2.24, 2.45) is 0 Å². The van der Waals surface area contributed by atoms with Gasteiger partial charge in [0.25, 0.3) is 0 Å². The number of hydrogen-bond donors (Lipinski definition) is 1. The Labute approximate surface area is 167 Å². The highest BCUT2D eigenvalue weighted by Gasteiger charge is 2.45. The molecule has 2 aromatic rings. The Morgan fingerprint density at radius 3 is 2.25 bits per heavy atom. The lowest BCUT2D eigenvalue weighted by Gasteiger charge is -2.33. The fourth-order valence-electron chi connectivity index (χ4n) is 4.41. The highest BCUT2D eigenvalue weighted by Crippen LogP contribution is 2.42. The molecule has 1 N–H and O–H groups in total. The van der Waals surface area contributed by atoms with E-state index in [9.17, 15) is 10.1 Å². The van der Waals surface area contributed by atoms with Crippen LogP contribution in [-0.2, 0) is 10.2 Å². The number of quaternary nitrogens is 1. The first-order valence-corrected chi connectivity index (χ1v) is 10.0. The highest BCUT2D eigenvalue weighted by atomic mass is 16.6. The molecule has 1 saturated carbocycles. The van der Waals surface area contributed by atoms with Crippen LogP contribution < -0.4 is 4.90 Å². The number of nitriles is 1. The summed E-state index contributed by atoms with van der Waals surface area (Å²) in [5.74, 6) is -0.272. The van der Waals surface area contributed by atoms with Crippen LogP contribution in [0.15, 0.2) is 60.7 Å². The van der Waals surface area contributed by atoms with Gasteiger partial charge < -0.3 is 9.64 Å². The lowest BCUT2D eigenvalue weighted by atomic mass is 9.75. The molecule has 2 atom stereocenters. The standard InChI is InChI=1S/C24H28N2O2/c1-26(2)19-24(28-22(27)20-10-5-3-6-11-20)15-9-14-23(18-25,16-17-24)21-12-7-4-8-13-21/h3-8,10-13H,9,14-17,19H2,1-2H3/p+1/t23-,24-/m1/s1. The van der Waals surface area contributed by atoms with Gasteiger partial charge in [0.2, 0.25) is 0 Å². The number of likely N-dealkylation sites (N-methyl/N-ethyl adjacent to an activating group) is 1. The highest BCUT2D eigenvalue weighted by molar-refractivity contribution is 5.89. The van der Waals surface area contributed by atoms with E-state index in [0.717, 1.165) is 31.4 Å². The summed E-state index contributed by atoms with van der Waals surface area (Å²) in [6, 6.07) is 21.8. The molecule has 2 aromatic carbocycles. The van der Waals surface area contributed by atoms with Gasteiger partial charge in [0.05, 0.1) is 31.1 Å². The molecule has 28 heavy (non-hydrogen) atoms. The van der Waals surface area contributed by atoms with Crippen LogP contribution in [0, 0.1) is 11.3 Å². The van der Waals surface area contributed by atoms with Gasteiger partial charge in [-0.15, -0.1) is 0 Å². The summed E-state index contributed by atoms with van der Waals surface area (Å²) in [6.07, 6.45) is 3.83. The first kappa shape index (κ1) is 20.1. The van der Waals surface area contributed by atoms with Gasteiger partial charge in [0.1, 0.15) is 6.54 Å². The maximum absolute atomic E-state index is 12.8. The summed E-state index contributed by atoms with van der Waals surface area (Å²) < 4.78 is 6.16. The van der Waals surface area contributed by atoms with Gasteiger partial charge in [-0.25, -0.2) is 4.79 Å². The van der Waals surface area contributed by atoms with E-state index in [1.807, 2.05) is 48.5 Å². The van der Waals surface area contributed by atoms with Crippen LogP contribution in [0.5, 0.6) is 0 Å². The number of carbonyl (C=O) groups excluding carboxylic acids is 1. The zero-order valence-corrected chi connectivity index (χ0v) is 16.8. The van der Waals surface area contributed by atoms with Crippen molar-refractivity contribution < 1.29 is 14.4 Å². The number of benzene rings is 2. The number of ether oxygens (including phenoxy) is 1. The average molecular weight is 378 g/mol. The summed E-state index contributed by atoms with van der Waals surface area (Å²) in [4.78, 5) is 14.1. The molecule has 0 unspecified atom stereocenters. The molecule has 1 aliphatic rings. The average Bonchev–Trinajstić information content (AvgIpc) is 2.89. The van der Waals surface area contributed by atoms with Crippen molar-refractivity contribution in [1.82, 2.24) is 0 Å². The largest absolute Gasteiger partial charge is 0.449 e. The number of nitrogens with zero attached hydrogens (tertiary/aromatic N) is 1. The molecule has 0 aliphatic heterocycles. The fourth-order valence-corrected chi connectivity index (χ4v) is 4.41. The number of hydrogen-bond acceptors (Lipinski definition) is 3. The predicted octanol–water partition coefficient (Wildman–Crippen LogP) is 3.15. The molecule has 1 aliphatic carbocycles. The minimum absolute atomic E-state index is 0.272. The molecular weight excluding hydrogens is 348 g/mol. The third-order valence-corrected chi connectivity index (χ3v) is 5.78. The van der Waals surface area contributed by atoms with E-state index >= 15 is 0 Å². The molecule has 146 valence electrons. The predicted molar refractivity (Wildman–Crippen MR) is 109 cm³/mol. The second-order valence-corrected chi connectivity index (χ2v) is 8.24. The molecule has 0 radical (unpaired) electrons. The van der Waals surface area contributed by atoms with E-state index in [2.05, 4.69) is 20.2 Å². The fraction of sp³-hybridized carbons (Fsp3) is 0.417. The van der Waals surface area contributed by atoms with Crippen molar-refractivity contribution in [3.05, 3.63) is 71.8 Å². The monoisotopic (exact) mass is 377 g/mol. The molecule has 1 fully saturated rings. The van der Waals surface area contributed by atoms with Crippen LogP contribution in [0.3, 0.4) is 0 Å². The normalized spacial score (nSPS) is 24.9. The molecule has 0 saturated heterocycles. The molecule has 0 amide bonds. The van der Waals surface area contributed by atoms with Crippen LogP contribution in [0.25, 0.3) is 0 Å². The summed E-state index contributed by atoms with van der Waals surface area (Å²) in [5, 5.41) is 10.1. The number of esters is 1. The Hall–Kier alpha value is -2.64. The molecule has 3 rings (SSSR count). The van der Waals surface area contributed by atoms with Crippen LogP contribution in [0.1, 0.15) is 48.0 Å². The Bertz CT molecular complexity index is 829. The van der Waals surface area contributed by atoms with E-state index in [4.69, 9.17) is 4.74 Å². The van der Waals surface area contributed by atoms with Gasteiger partial charge in [-0.05, 0) is 49.8 Å². The maximum atomic E-state index is 12.8. The van der Waals surface area contributed by atoms with E-state index in [-0.39, 0.29) is 5.97 Å². The van der Waals surface area contributed by atoms with Crippen molar-refractivity contribution in [3.8, 4) is 6.07 Å². The topological polar surface area (TPSA) is 54.5 Å². The molecule has 4 heteroatoms. The third-order valence-electron chi connectivity index (χ3n) is 5.78. The zero-order valence-electron chi connectivity index (χ0n) is 16.8. The Kier molecular flexibility index (Phi) is 6.16. The molecule has 0 aromatic heterocycles. The van der Waals surface area contributed by atoms with Crippen LogP contribution >= 0.6 is 0 Å². The smallest absolute Gasteiger partial charge is 0.338 e. The van der Waals surface area contributed by atoms with E-state index in [0.29, 0.717) is 18.4 Å². The second-order valence-electron chi connectivity index (χ2n) is 8.24. The van der Waals surface area contributed by atoms with Crippen LogP contribution in [0.4, 0.5) is 0 Å². The van der Waals surface area contributed by atoms with Crippen molar-refractivity contribution in [2.45, 2.75) is 43.1 Å². The summed E-state index contributed by atoms with van der Waals surface area (Å²) in [5.41, 5.74) is 0.595. The lowest BCUT2D eigenvalue weighted by Crippen LogP contribution is -3.08. The van der Waals surface area contributed by atoms with Crippen molar-refractivity contribution >= 4 is 5.97 Å². The Morgan fingerprint density at radius 2 is 1.64 bits per heavy atom. The van der Waals surface area contributed by atoms with Crippen molar-refractivity contribution in [2.75, 3.05) is 20.6 Å². The molecule has 0 bridgehead atoms. The minimum atomic E-state index is -0.543. The third kappa shape index (κ3) is 4.43. The van der Waals surface area contributed by atoms with E-state index < -0.39 is 11.0 Å². The summed E-state index contributed by atoms with van der Waals surface area (Å²) in [7, 11) is 4.16. The quantitative estimate of drug-likeness (QED) is 0.643. The number of rotatable bonds is 5. The Balaban J connectivity index is 1.86. The number of carbonyl (C=O) groups is 1. The second kappa shape index (κ2) is 8.58. The van der Waals surface area contributed by atoms with Crippen LogP contribution in [0.2, 0.25) is 0 Å². The first-order valence-electron chi connectivity index (χ1n) is 10.0. The van der Waals surface area contributed by atoms with Gasteiger partial charge in [0.15, 0.2) is 5.60 Å². The minimum Gasteiger partial charge on any atom is -0.449 e. The molecular formula is C24H29N2O2+. The van der Waals surface area contributed by atoms with E-state index in [1.165, 1.54) is 4.90 Å². The zero-order chi connectivity index (χ0) is 20.0. The van der Waals surface area contributed by atoms with Crippen molar-refractivity contribution in [1.29, 1.82) is 5.26 Å². The molecule has 0 spiro atoms. The number of nitrogens with one attached hydrogen (secondary N) is 1. The Morgan fingerprint density at radius 1 is 1.00 bits per heavy atom. The lowest BCUT2D eigenvalue weighted by molar-refractivity contribution is -0.865. The van der Waals surface area contributed by atoms with Gasteiger partial charge in [-0.1, -0.05) is 48.5 Å². The summed E-state index contributed by atoms with van der Waals surface area (Å²) >= 11 is 0. The SMILES string of the molecule is C[NH+](C)C[C@@]1(OC(=O)c2ccccc2)CCC[C@@](C#N)(c2ccccc2)CC1. The molecule has 0 heterocycles. The van der Waals surface area contributed by atoms with Gasteiger partial charge >= 0.3 is 5.97 Å². The molecule has 4 nitrogen and oxygen atoms in total. The van der Waals surface area contributed by atoms with Crippen molar-refractivity contribution in [3.63, 3.8) is 0 Å². The van der Waals surface area contributed by atoms with Gasteiger partial charge in [0, 0.05) is 0 Å². The van der Waals surface area contributed by atoms with E-state index in [1.54, 1.807) is 12.1 Å². The maximum Gasteiger partial charge on any atom is 0.338 e. The van der Waals surface area contributed by atoms with Crippen LogP contribution in [-0.4, -0.2) is 32.2 Å². The van der Waals surface area contributed by atoms with Gasteiger partial charge in [-0.3, -0.25) is 0 Å². The summed E-state index contributed by atoms with van der Waals surface area (Å²) in [6.45, 7) is 0.738.